The van der Waals surface area contributed by atoms with Crippen LogP contribution in [0.5, 0.6) is 0 Å². The molecule has 2 N–H and O–H groups in total. The molecule has 2 aliphatic heterocycles. The van der Waals surface area contributed by atoms with Crippen molar-refractivity contribution < 1.29 is 10.2 Å². The number of aliphatic hydroxyl groups is 2. The van der Waals surface area contributed by atoms with Crippen LogP contribution in [0.25, 0.3) is 0 Å². The Morgan fingerprint density at radius 2 is 1.53 bits per heavy atom. The first-order chi connectivity index (χ1) is 9.06. The van der Waals surface area contributed by atoms with E-state index in [1.165, 1.54) is 0 Å². The van der Waals surface area contributed by atoms with E-state index < -0.39 is 0 Å². The lowest BCUT2D eigenvalue weighted by Crippen LogP contribution is -2.48. The molecule has 0 spiro atoms. The molecule has 2 saturated heterocycles. The van der Waals surface area contributed by atoms with E-state index in [2.05, 4.69) is 23.6 Å². The minimum Gasteiger partial charge on any atom is -0.393 e. The lowest BCUT2D eigenvalue weighted by molar-refractivity contribution is 0.0289. The van der Waals surface area contributed by atoms with E-state index in [1.54, 1.807) is 0 Å². The van der Waals surface area contributed by atoms with Crippen molar-refractivity contribution in [2.24, 2.45) is 0 Å². The molecule has 0 aromatic heterocycles. The Bertz CT molecular complexity index is 267. The summed E-state index contributed by atoms with van der Waals surface area (Å²) in [5.74, 6) is 0. The van der Waals surface area contributed by atoms with Crippen LogP contribution in [0.1, 0.15) is 46.0 Å². The second-order valence-electron chi connectivity index (χ2n) is 6.49. The second kappa shape index (κ2) is 7.02. The third kappa shape index (κ3) is 4.42. The molecule has 2 rings (SSSR count). The molecule has 0 aliphatic carbocycles. The number of β-amino-alcohol motifs (C(OH)–C–C–N with tert-alkyl or cyclic N) is 1. The van der Waals surface area contributed by atoms with Crippen molar-refractivity contribution in [1.29, 1.82) is 0 Å². The summed E-state index contributed by atoms with van der Waals surface area (Å²) < 4.78 is 0. The minimum absolute atomic E-state index is 0.0851. The second-order valence-corrected chi connectivity index (χ2v) is 6.49. The maximum atomic E-state index is 9.76. The molecule has 0 bridgehead atoms. The van der Waals surface area contributed by atoms with Crippen LogP contribution in [0.3, 0.4) is 0 Å². The SMILES string of the molecule is CC(CC(C)N1CCCC(O)C1)N1CCC(O)CC1. The lowest BCUT2D eigenvalue weighted by Gasteiger charge is -2.39. The predicted octanol–water partition coefficient (Wildman–Crippen LogP) is 1.07. The third-order valence-electron chi connectivity index (χ3n) is 4.86. The van der Waals surface area contributed by atoms with Crippen molar-refractivity contribution in [3.63, 3.8) is 0 Å². The molecule has 2 heterocycles. The van der Waals surface area contributed by atoms with Gasteiger partial charge in [-0.15, -0.1) is 0 Å². The number of piperidine rings is 2. The molecule has 19 heavy (non-hydrogen) atoms. The van der Waals surface area contributed by atoms with E-state index in [4.69, 9.17) is 0 Å². The van der Waals surface area contributed by atoms with Crippen molar-refractivity contribution in [2.75, 3.05) is 26.2 Å². The summed E-state index contributed by atoms with van der Waals surface area (Å²) in [4.78, 5) is 4.94. The van der Waals surface area contributed by atoms with Gasteiger partial charge in [0.2, 0.25) is 0 Å². The summed E-state index contributed by atoms with van der Waals surface area (Å²) in [6, 6.07) is 1.11. The van der Waals surface area contributed by atoms with Crippen molar-refractivity contribution in [2.45, 2.75) is 70.2 Å². The molecule has 2 aliphatic rings. The predicted molar refractivity (Wildman–Crippen MR) is 77.2 cm³/mol. The van der Waals surface area contributed by atoms with Crippen LogP contribution in [-0.4, -0.2) is 70.5 Å². The van der Waals surface area contributed by atoms with Crippen molar-refractivity contribution in [3.05, 3.63) is 0 Å². The van der Waals surface area contributed by atoms with Gasteiger partial charge in [0.1, 0.15) is 0 Å². The molecule has 0 aromatic carbocycles. The molecular formula is C15H30N2O2. The van der Waals surface area contributed by atoms with Crippen molar-refractivity contribution in [3.8, 4) is 0 Å². The van der Waals surface area contributed by atoms with Gasteiger partial charge in [-0.25, -0.2) is 0 Å². The highest BCUT2D eigenvalue weighted by atomic mass is 16.3. The Morgan fingerprint density at radius 3 is 2.16 bits per heavy atom. The third-order valence-corrected chi connectivity index (χ3v) is 4.86. The first-order valence-corrected chi connectivity index (χ1v) is 7.90. The molecule has 3 atom stereocenters. The zero-order valence-corrected chi connectivity index (χ0v) is 12.5. The van der Waals surface area contributed by atoms with E-state index in [0.717, 1.165) is 58.3 Å². The van der Waals surface area contributed by atoms with Crippen molar-refractivity contribution in [1.82, 2.24) is 9.80 Å². The molecule has 3 unspecified atom stereocenters. The van der Waals surface area contributed by atoms with E-state index >= 15 is 0 Å². The fraction of sp³-hybridized carbons (Fsp3) is 1.00. The Kier molecular flexibility index (Phi) is 5.63. The van der Waals surface area contributed by atoms with E-state index in [9.17, 15) is 10.2 Å². The standard InChI is InChI=1S/C15H30N2O2/c1-12(16-8-5-14(18)6-9-16)10-13(2)17-7-3-4-15(19)11-17/h12-15,18-19H,3-11H2,1-2H3. The molecule has 0 amide bonds. The van der Waals surface area contributed by atoms with E-state index in [0.29, 0.717) is 12.1 Å². The molecule has 4 nitrogen and oxygen atoms in total. The zero-order valence-electron chi connectivity index (χ0n) is 12.5. The Labute approximate surface area is 117 Å². The summed E-state index contributed by atoms with van der Waals surface area (Å²) in [5.41, 5.74) is 0. The molecule has 2 fully saturated rings. The van der Waals surface area contributed by atoms with Crippen LogP contribution < -0.4 is 0 Å². The van der Waals surface area contributed by atoms with Gasteiger partial charge in [-0.1, -0.05) is 0 Å². The van der Waals surface area contributed by atoms with Gasteiger partial charge in [-0.3, -0.25) is 4.90 Å². The van der Waals surface area contributed by atoms with Gasteiger partial charge < -0.3 is 15.1 Å². The number of rotatable bonds is 4. The molecule has 0 radical (unpaired) electrons. The van der Waals surface area contributed by atoms with E-state index in [-0.39, 0.29) is 12.2 Å². The van der Waals surface area contributed by atoms with Gasteiger partial charge in [0.15, 0.2) is 0 Å². The highest BCUT2D eigenvalue weighted by Gasteiger charge is 2.26. The quantitative estimate of drug-likeness (QED) is 0.802. The van der Waals surface area contributed by atoms with Gasteiger partial charge in [-0.05, 0) is 52.5 Å². The summed E-state index contributed by atoms with van der Waals surface area (Å²) in [6.45, 7) is 8.60. The van der Waals surface area contributed by atoms with Crippen LogP contribution in [0.4, 0.5) is 0 Å². The smallest absolute Gasteiger partial charge is 0.0667 e. The summed E-state index contributed by atoms with van der Waals surface area (Å²) in [7, 11) is 0. The Morgan fingerprint density at radius 1 is 0.895 bits per heavy atom. The molecule has 0 saturated carbocycles. The average molecular weight is 270 g/mol. The Hall–Kier alpha value is -0.160. The largest absolute Gasteiger partial charge is 0.393 e. The Balaban J connectivity index is 1.76. The first-order valence-electron chi connectivity index (χ1n) is 7.90. The molecule has 0 aromatic rings. The maximum Gasteiger partial charge on any atom is 0.0667 e. The van der Waals surface area contributed by atoms with Crippen molar-refractivity contribution >= 4 is 0 Å². The van der Waals surface area contributed by atoms with Crippen LogP contribution in [0.15, 0.2) is 0 Å². The van der Waals surface area contributed by atoms with Gasteiger partial charge in [0, 0.05) is 31.7 Å². The van der Waals surface area contributed by atoms with Crippen LogP contribution in [-0.2, 0) is 0 Å². The normalized spacial score (nSPS) is 31.3. The summed E-state index contributed by atoms with van der Waals surface area (Å²) >= 11 is 0. The van der Waals surface area contributed by atoms with Gasteiger partial charge in [0.05, 0.1) is 12.2 Å². The lowest BCUT2D eigenvalue weighted by atomic mass is 10.00. The topological polar surface area (TPSA) is 46.9 Å². The number of hydrogen-bond donors (Lipinski definition) is 2. The van der Waals surface area contributed by atoms with Crippen LogP contribution in [0.2, 0.25) is 0 Å². The average Bonchev–Trinajstić information content (AvgIpc) is 2.39. The molecule has 112 valence electrons. The van der Waals surface area contributed by atoms with Gasteiger partial charge in [0.25, 0.3) is 0 Å². The summed E-state index contributed by atoms with van der Waals surface area (Å²) in [5, 5.41) is 19.3. The number of hydrogen-bond acceptors (Lipinski definition) is 4. The summed E-state index contributed by atoms with van der Waals surface area (Å²) in [6.07, 6.45) is 4.86. The minimum atomic E-state index is -0.128. The highest BCUT2D eigenvalue weighted by Crippen LogP contribution is 2.20. The van der Waals surface area contributed by atoms with Crippen LogP contribution in [0, 0.1) is 0 Å². The van der Waals surface area contributed by atoms with Gasteiger partial charge >= 0.3 is 0 Å². The van der Waals surface area contributed by atoms with E-state index in [1.807, 2.05) is 0 Å². The highest BCUT2D eigenvalue weighted by molar-refractivity contribution is 4.82. The maximum absolute atomic E-state index is 9.76. The molecule has 4 heteroatoms. The zero-order chi connectivity index (χ0) is 13.8. The monoisotopic (exact) mass is 270 g/mol. The number of aliphatic hydroxyl groups excluding tert-OH is 2. The first kappa shape index (κ1) is 15.2. The number of nitrogens with zero attached hydrogens (tertiary/aromatic N) is 2. The molecular weight excluding hydrogens is 240 g/mol. The van der Waals surface area contributed by atoms with Crippen LogP contribution >= 0.6 is 0 Å². The fourth-order valence-corrected chi connectivity index (χ4v) is 3.50. The fourth-order valence-electron chi connectivity index (χ4n) is 3.50. The number of likely N-dealkylation sites (tertiary alicyclic amines) is 2. The van der Waals surface area contributed by atoms with Gasteiger partial charge in [-0.2, -0.15) is 0 Å².